The largest absolute Gasteiger partial charge is 0.455 e. The van der Waals surface area contributed by atoms with E-state index in [-0.39, 0.29) is 6.04 Å². The van der Waals surface area contributed by atoms with Crippen molar-refractivity contribution in [1.29, 1.82) is 0 Å². The van der Waals surface area contributed by atoms with Crippen molar-refractivity contribution in [3.63, 3.8) is 0 Å². The molecule has 0 aromatic carbocycles. The molecule has 11 heteroatoms. The van der Waals surface area contributed by atoms with Crippen LogP contribution in [0.15, 0.2) is 18.3 Å². The fourth-order valence-electron chi connectivity index (χ4n) is 3.97. The first-order chi connectivity index (χ1) is 15.2. The number of imide groups is 1. The number of nitrogens with zero attached hydrogens (tertiary/aromatic N) is 2. The van der Waals surface area contributed by atoms with Crippen LogP contribution in [0.25, 0.3) is 0 Å². The van der Waals surface area contributed by atoms with Crippen LogP contribution in [0.2, 0.25) is 0 Å². The maximum atomic E-state index is 12.7. The van der Waals surface area contributed by atoms with Gasteiger partial charge in [-0.25, -0.2) is 9.78 Å². The van der Waals surface area contributed by atoms with E-state index in [9.17, 15) is 27.6 Å². The quantitative estimate of drug-likeness (QED) is 0.661. The summed E-state index contributed by atoms with van der Waals surface area (Å²) in [6.07, 6.45) is 2.21. The van der Waals surface area contributed by atoms with Crippen molar-refractivity contribution < 1.29 is 32.3 Å². The molecule has 0 unspecified atom stereocenters. The lowest BCUT2D eigenvalue weighted by Gasteiger charge is -2.31. The first-order valence-corrected chi connectivity index (χ1v) is 10.8. The molecule has 0 atom stereocenters. The lowest BCUT2D eigenvalue weighted by Crippen LogP contribution is -2.46. The molecule has 0 bridgehead atoms. The van der Waals surface area contributed by atoms with Crippen LogP contribution in [-0.2, 0) is 20.5 Å². The maximum absolute atomic E-state index is 12.7. The molecule has 3 rings (SSSR count). The van der Waals surface area contributed by atoms with Gasteiger partial charge in [0.2, 0.25) is 0 Å². The number of hydrogen-bond donors (Lipinski definition) is 2. The molecule has 1 aromatic rings. The van der Waals surface area contributed by atoms with E-state index in [2.05, 4.69) is 15.6 Å². The van der Waals surface area contributed by atoms with Gasteiger partial charge >= 0.3 is 18.2 Å². The average molecular weight is 456 g/mol. The molecule has 2 fully saturated rings. The molecule has 3 amide bonds. The van der Waals surface area contributed by atoms with Crippen molar-refractivity contribution in [2.45, 2.75) is 57.2 Å². The van der Waals surface area contributed by atoms with Crippen molar-refractivity contribution in [2.75, 3.05) is 24.6 Å². The van der Waals surface area contributed by atoms with Gasteiger partial charge in [-0.05, 0) is 37.8 Å². The highest BCUT2D eigenvalue weighted by atomic mass is 19.4. The molecular formula is C21H27F3N4O4. The van der Waals surface area contributed by atoms with Gasteiger partial charge in [-0.15, -0.1) is 0 Å². The maximum Gasteiger partial charge on any atom is 0.417 e. The number of aromatic nitrogens is 1. The summed E-state index contributed by atoms with van der Waals surface area (Å²) in [7, 11) is 0. The van der Waals surface area contributed by atoms with Gasteiger partial charge in [0.25, 0.3) is 5.91 Å². The minimum Gasteiger partial charge on any atom is -0.455 e. The highest BCUT2D eigenvalue weighted by Crippen LogP contribution is 2.30. The van der Waals surface area contributed by atoms with Gasteiger partial charge in [0.1, 0.15) is 5.82 Å². The van der Waals surface area contributed by atoms with Crippen molar-refractivity contribution in [1.82, 2.24) is 15.6 Å². The van der Waals surface area contributed by atoms with Crippen molar-refractivity contribution in [3.8, 4) is 0 Å². The van der Waals surface area contributed by atoms with E-state index in [1.165, 1.54) is 6.07 Å². The van der Waals surface area contributed by atoms with E-state index < -0.39 is 42.2 Å². The number of rotatable bonds is 5. The number of halogens is 3. The first-order valence-electron chi connectivity index (χ1n) is 10.8. The zero-order chi connectivity index (χ0) is 23.1. The van der Waals surface area contributed by atoms with E-state index in [1.807, 2.05) is 0 Å². The number of pyridine rings is 1. The molecule has 0 radical (unpaired) electrons. The van der Waals surface area contributed by atoms with Gasteiger partial charge in [0.15, 0.2) is 6.61 Å². The SMILES string of the molecule is O=C(COC(=O)C1CCN(c2ccc(C(F)(F)F)cn2)CC1)NC(=O)NC1CCCCC1. The summed E-state index contributed by atoms with van der Waals surface area (Å²) in [4.78, 5) is 41.6. The summed E-state index contributed by atoms with van der Waals surface area (Å²) in [6, 6.07) is 1.76. The van der Waals surface area contributed by atoms with E-state index in [1.54, 1.807) is 4.90 Å². The standard InChI is InChI=1S/C21H27F3N4O4/c22-21(23,24)15-6-7-17(25-12-15)28-10-8-14(9-11-28)19(30)32-13-18(29)27-20(31)26-16-4-2-1-3-5-16/h6-7,12,14,16H,1-5,8-11,13H2,(H2,26,27,29,31). The normalized spacial score (nSPS) is 18.2. The van der Waals surface area contributed by atoms with Gasteiger partial charge in [-0.1, -0.05) is 19.3 Å². The lowest BCUT2D eigenvalue weighted by atomic mass is 9.96. The van der Waals surface area contributed by atoms with Gasteiger partial charge in [-0.2, -0.15) is 13.2 Å². The van der Waals surface area contributed by atoms with Gasteiger partial charge < -0.3 is 15.0 Å². The van der Waals surface area contributed by atoms with Crippen molar-refractivity contribution >= 4 is 23.7 Å². The molecule has 2 aliphatic rings. The summed E-state index contributed by atoms with van der Waals surface area (Å²) in [5.41, 5.74) is -0.814. The number of esters is 1. The van der Waals surface area contributed by atoms with E-state index >= 15 is 0 Å². The number of piperidine rings is 1. The zero-order valence-corrected chi connectivity index (χ0v) is 17.6. The second-order valence-corrected chi connectivity index (χ2v) is 8.13. The fraction of sp³-hybridized carbons (Fsp3) is 0.619. The second-order valence-electron chi connectivity index (χ2n) is 8.13. The van der Waals surface area contributed by atoms with E-state index in [4.69, 9.17) is 4.74 Å². The predicted octanol–water partition coefficient (Wildman–Crippen LogP) is 3.02. The Morgan fingerprint density at radius 2 is 1.75 bits per heavy atom. The van der Waals surface area contributed by atoms with Crippen LogP contribution in [-0.4, -0.2) is 48.6 Å². The Hall–Kier alpha value is -2.85. The molecule has 0 spiro atoms. The topological polar surface area (TPSA) is 101 Å². The van der Waals surface area contributed by atoms with Crippen molar-refractivity contribution in [3.05, 3.63) is 23.9 Å². The summed E-state index contributed by atoms with van der Waals surface area (Å²) in [5, 5.41) is 4.91. The summed E-state index contributed by atoms with van der Waals surface area (Å²) in [5.74, 6) is -1.25. The highest BCUT2D eigenvalue weighted by molar-refractivity contribution is 5.95. The van der Waals surface area contributed by atoms with Gasteiger partial charge in [-0.3, -0.25) is 14.9 Å². The Bertz CT molecular complexity index is 802. The third kappa shape index (κ3) is 6.83. The Balaban J connectivity index is 1.37. The Morgan fingerprint density at radius 3 is 2.34 bits per heavy atom. The smallest absolute Gasteiger partial charge is 0.417 e. The average Bonchev–Trinajstić information content (AvgIpc) is 2.77. The first kappa shape index (κ1) is 23.8. The monoisotopic (exact) mass is 456 g/mol. The molecular weight excluding hydrogens is 429 g/mol. The fourth-order valence-corrected chi connectivity index (χ4v) is 3.97. The van der Waals surface area contributed by atoms with Crippen LogP contribution in [0.4, 0.5) is 23.8 Å². The summed E-state index contributed by atoms with van der Waals surface area (Å²) in [6.45, 7) is 0.305. The molecule has 2 N–H and O–H groups in total. The number of ether oxygens (including phenoxy) is 1. The summed E-state index contributed by atoms with van der Waals surface area (Å²) < 4.78 is 43.0. The molecule has 176 valence electrons. The Morgan fingerprint density at radius 1 is 1.06 bits per heavy atom. The Labute approximate surface area is 183 Å². The number of hydrogen-bond acceptors (Lipinski definition) is 6. The molecule has 2 heterocycles. The van der Waals surface area contributed by atoms with E-state index in [0.29, 0.717) is 31.7 Å². The molecule has 1 aromatic heterocycles. The van der Waals surface area contributed by atoms with Crippen LogP contribution in [0.3, 0.4) is 0 Å². The Kier molecular flexibility index (Phi) is 7.92. The number of anilines is 1. The molecule has 1 saturated carbocycles. The van der Waals surface area contributed by atoms with Gasteiger partial charge in [0, 0.05) is 25.3 Å². The molecule has 1 saturated heterocycles. The number of carbonyl (C=O) groups excluding carboxylic acids is 3. The minimum atomic E-state index is -4.44. The highest BCUT2D eigenvalue weighted by Gasteiger charge is 2.32. The van der Waals surface area contributed by atoms with Crippen LogP contribution in [0.1, 0.15) is 50.5 Å². The van der Waals surface area contributed by atoms with Crippen LogP contribution in [0, 0.1) is 5.92 Å². The lowest BCUT2D eigenvalue weighted by molar-refractivity contribution is -0.153. The number of alkyl halides is 3. The number of urea groups is 1. The summed E-state index contributed by atoms with van der Waals surface area (Å²) >= 11 is 0. The van der Waals surface area contributed by atoms with Crippen LogP contribution >= 0.6 is 0 Å². The van der Waals surface area contributed by atoms with Crippen LogP contribution < -0.4 is 15.5 Å². The third-order valence-corrected chi connectivity index (χ3v) is 5.77. The third-order valence-electron chi connectivity index (χ3n) is 5.77. The van der Waals surface area contributed by atoms with Gasteiger partial charge in [0.05, 0.1) is 11.5 Å². The predicted molar refractivity (Wildman–Crippen MR) is 109 cm³/mol. The zero-order valence-electron chi connectivity index (χ0n) is 17.6. The van der Waals surface area contributed by atoms with Crippen LogP contribution in [0.5, 0.6) is 0 Å². The number of nitrogens with one attached hydrogen (secondary N) is 2. The van der Waals surface area contributed by atoms with E-state index in [0.717, 1.165) is 44.4 Å². The molecule has 1 aliphatic carbocycles. The van der Waals surface area contributed by atoms with Crippen molar-refractivity contribution in [2.24, 2.45) is 5.92 Å². The number of amides is 3. The molecule has 8 nitrogen and oxygen atoms in total. The second kappa shape index (κ2) is 10.6. The molecule has 32 heavy (non-hydrogen) atoms. The molecule has 1 aliphatic heterocycles. The number of carbonyl (C=O) groups is 3. The minimum absolute atomic E-state index is 0.0587.